The summed E-state index contributed by atoms with van der Waals surface area (Å²) in [4.78, 5) is 13.3. The second-order valence-corrected chi connectivity index (χ2v) is 7.10. The van der Waals surface area contributed by atoms with Crippen LogP contribution in [0.4, 0.5) is 14.0 Å². The Bertz CT molecular complexity index is 663. The molecule has 1 aromatic carbocycles. The van der Waals surface area contributed by atoms with E-state index in [4.69, 9.17) is 0 Å². The average Bonchev–Trinajstić information content (AvgIpc) is 2.62. The van der Waals surface area contributed by atoms with E-state index in [1.807, 2.05) is 0 Å². The van der Waals surface area contributed by atoms with Crippen LogP contribution in [0.15, 0.2) is 16.6 Å². The zero-order chi connectivity index (χ0) is 15.1. The van der Waals surface area contributed by atoms with E-state index in [-0.39, 0.29) is 23.3 Å². The molecule has 1 aliphatic rings. The summed E-state index contributed by atoms with van der Waals surface area (Å²) < 4.78 is 47.6. The smallest absolute Gasteiger partial charge is 0.302 e. The number of hydrogen-bond acceptors (Lipinski definition) is 3. The standard InChI is InChI=1S/C12H12BrF2NO3S/c1-7-2-10(14)9(13)4-11(7)16-5-8(3-12(16)17)6-20(15,18)19/h2,4,8H,3,5-6H2,1H3. The summed E-state index contributed by atoms with van der Waals surface area (Å²) >= 11 is 3.04. The van der Waals surface area contributed by atoms with Crippen LogP contribution in [0.2, 0.25) is 0 Å². The first-order chi connectivity index (χ1) is 9.17. The Kier molecular flexibility index (Phi) is 4.15. The number of aryl methyl sites for hydroxylation is 1. The molecule has 1 fully saturated rings. The lowest BCUT2D eigenvalue weighted by Crippen LogP contribution is -2.26. The van der Waals surface area contributed by atoms with Crippen molar-refractivity contribution in [2.24, 2.45) is 5.92 Å². The second-order valence-electron chi connectivity index (χ2n) is 4.83. The number of hydrogen-bond donors (Lipinski definition) is 0. The Morgan fingerprint density at radius 3 is 2.70 bits per heavy atom. The van der Waals surface area contributed by atoms with E-state index in [1.165, 1.54) is 17.0 Å². The first kappa shape index (κ1) is 15.4. The third-order valence-electron chi connectivity index (χ3n) is 3.17. The molecule has 1 amide bonds. The molecule has 1 aromatic rings. The predicted molar refractivity (Wildman–Crippen MR) is 74.2 cm³/mol. The van der Waals surface area contributed by atoms with Gasteiger partial charge in [0.1, 0.15) is 5.82 Å². The van der Waals surface area contributed by atoms with Gasteiger partial charge in [0.25, 0.3) is 0 Å². The fourth-order valence-electron chi connectivity index (χ4n) is 2.33. The van der Waals surface area contributed by atoms with Gasteiger partial charge in [-0.3, -0.25) is 4.79 Å². The van der Waals surface area contributed by atoms with Crippen LogP contribution in [0.3, 0.4) is 0 Å². The maximum atomic E-state index is 13.4. The number of amides is 1. The molecule has 0 aliphatic carbocycles. The Morgan fingerprint density at radius 1 is 1.45 bits per heavy atom. The molecule has 0 radical (unpaired) electrons. The monoisotopic (exact) mass is 367 g/mol. The molecule has 20 heavy (non-hydrogen) atoms. The molecule has 0 aromatic heterocycles. The lowest BCUT2D eigenvalue weighted by molar-refractivity contribution is -0.117. The molecule has 8 heteroatoms. The predicted octanol–water partition coefficient (Wildman–Crippen LogP) is 2.55. The van der Waals surface area contributed by atoms with Crippen LogP contribution in [0, 0.1) is 18.7 Å². The minimum Gasteiger partial charge on any atom is -0.312 e. The molecule has 4 nitrogen and oxygen atoms in total. The lowest BCUT2D eigenvalue weighted by Gasteiger charge is -2.19. The third kappa shape index (κ3) is 3.35. The normalized spacial score (nSPS) is 19.7. The largest absolute Gasteiger partial charge is 0.312 e. The van der Waals surface area contributed by atoms with Crippen LogP contribution in [0.1, 0.15) is 12.0 Å². The Morgan fingerprint density at radius 2 is 2.10 bits per heavy atom. The Hall–Kier alpha value is -1.02. The highest BCUT2D eigenvalue weighted by Crippen LogP contribution is 2.32. The van der Waals surface area contributed by atoms with Crippen molar-refractivity contribution < 1.29 is 21.5 Å². The molecule has 1 saturated heterocycles. The second kappa shape index (κ2) is 5.40. The van der Waals surface area contributed by atoms with Crippen molar-refractivity contribution in [1.82, 2.24) is 0 Å². The Labute approximate surface area is 124 Å². The van der Waals surface area contributed by atoms with Gasteiger partial charge in [0.15, 0.2) is 0 Å². The van der Waals surface area contributed by atoms with Crippen LogP contribution in [0.5, 0.6) is 0 Å². The van der Waals surface area contributed by atoms with Crippen molar-refractivity contribution in [3.63, 3.8) is 0 Å². The van der Waals surface area contributed by atoms with E-state index < -0.39 is 27.7 Å². The van der Waals surface area contributed by atoms with Crippen LogP contribution >= 0.6 is 15.9 Å². The molecule has 1 aliphatic heterocycles. The van der Waals surface area contributed by atoms with Crippen LogP contribution in [0.25, 0.3) is 0 Å². The quantitative estimate of drug-likeness (QED) is 0.771. The average molecular weight is 368 g/mol. The molecule has 1 unspecified atom stereocenters. The molecule has 0 bridgehead atoms. The van der Waals surface area contributed by atoms with Gasteiger partial charge in [-0.05, 0) is 40.5 Å². The van der Waals surface area contributed by atoms with Gasteiger partial charge in [0.2, 0.25) is 5.91 Å². The van der Waals surface area contributed by atoms with Gasteiger partial charge in [-0.25, -0.2) is 4.39 Å². The Balaban J connectivity index is 2.26. The molecule has 1 heterocycles. The summed E-state index contributed by atoms with van der Waals surface area (Å²) in [5, 5.41) is 0. The van der Waals surface area contributed by atoms with Crippen molar-refractivity contribution >= 4 is 37.7 Å². The van der Waals surface area contributed by atoms with Gasteiger partial charge in [-0.1, -0.05) is 0 Å². The fourth-order valence-corrected chi connectivity index (χ4v) is 3.45. The van der Waals surface area contributed by atoms with E-state index in [0.717, 1.165) is 0 Å². The van der Waals surface area contributed by atoms with Gasteiger partial charge in [-0.2, -0.15) is 8.42 Å². The van der Waals surface area contributed by atoms with Crippen molar-refractivity contribution in [1.29, 1.82) is 0 Å². The summed E-state index contributed by atoms with van der Waals surface area (Å²) in [5.41, 5.74) is 1.06. The maximum Gasteiger partial charge on any atom is 0.302 e. The first-order valence-corrected chi connectivity index (χ1v) is 8.20. The summed E-state index contributed by atoms with van der Waals surface area (Å²) in [6.07, 6.45) is -0.0302. The first-order valence-electron chi connectivity index (χ1n) is 5.85. The molecule has 0 spiro atoms. The highest BCUT2D eigenvalue weighted by atomic mass is 79.9. The number of carbonyl (C=O) groups is 1. The van der Waals surface area contributed by atoms with Crippen molar-refractivity contribution in [3.8, 4) is 0 Å². The van der Waals surface area contributed by atoms with Gasteiger partial charge in [-0.15, -0.1) is 3.89 Å². The molecule has 1 atom stereocenters. The van der Waals surface area contributed by atoms with E-state index >= 15 is 0 Å². The topological polar surface area (TPSA) is 54.5 Å². The highest BCUT2D eigenvalue weighted by Gasteiger charge is 2.34. The fraction of sp³-hybridized carbons (Fsp3) is 0.417. The summed E-state index contributed by atoms with van der Waals surface area (Å²) in [6, 6.07) is 2.75. The third-order valence-corrected chi connectivity index (χ3v) is 4.65. The molecule has 0 saturated carbocycles. The van der Waals surface area contributed by atoms with Gasteiger partial charge in [0, 0.05) is 24.6 Å². The zero-order valence-corrected chi connectivity index (χ0v) is 13.0. The molecule has 110 valence electrons. The van der Waals surface area contributed by atoms with Crippen molar-refractivity contribution in [3.05, 3.63) is 28.0 Å². The van der Waals surface area contributed by atoms with E-state index in [9.17, 15) is 21.5 Å². The number of anilines is 1. The van der Waals surface area contributed by atoms with E-state index in [1.54, 1.807) is 6.92 Å². The molecular weight excluding hydrogens is 356 g/mol. The summed E-state index contributed by atoms with van der Waals surface area (Å²) in [5.74, 6) is -1.99. The summed E-state index contributed by atoms with van der Waals surface area (Å²) in [6.45, 7) is 1.76. The maximum absolute atomic E-state index is 13.4. The SMILES string of the molecule is Cc1cc(F)c(Br)cc1N1CC(CS(=O)(=O)F)CC1=O. The van der Waals surface area contributed by atoms with Gasteiger partial charge < -0.3 is 4.90 Å². The lowest BCUT2D eigenvalue weighted by atomic mass is 10.1. The summed E-state index contributed by atoms with van der Waals surface area (Å²) in [7, 11) is -4.61. The number of nitrogens with zero attached hydrogens (tertiary/aromatic N) is 1. The molecular formula is C12H12BrF2NO3S. The van der Waals surface area contributed by atoms with Crippen molar-refractivity contribution in [2.45, 2.75) is 13.3 Å². The highest BCUT2D eigenvalue weighted by molar-refractivity contribution is 9.10. The van der Waals surface area contributed by atoms with Crippen LogP contribution in [-0.2, 0) is 15.0 Å². The number of benzene rings is 1. The zero-order valence-electron chi connectivity index (χ0n) is 10.6. The molecule has 0 N–H and O–H groups in total. The van der Waals surface area contributed by atoms with Crippen LogP contribution in [-0.4, -0.2) is 26.6 Å². The van der Waals surface area contributed by atoms with Crippen molar-refractivity contribution in [2.75, 3.05) is 17.2 Å². The number of halogens is 3. The van der Waals surface area contributed by atoms with Crippen LogP contribution < -0.4 is 4.90 Å². The number of rotatable bonds is 3. The minimum atomic E-state index is -4.61. The van der Waals surface area contributed by atoms with Gasteiger partial charge >= 0.3 is 10.2 Å². The number of carbonyl (C=O) groups excluding carboxylic acids is 1. The van der Waals surface area contributed by atoms with E-state index in [0.29, 0.717) is 11.3 Å². The minimum absolute atomic E-state index is 0.0302. The molecule has 2 rings (SSSR count). The van der Waals surface area contributed by atoms with Gasteiger partial charge in [0.05, 0.1) is 10.2 Å². The van der Waals surface area contributed by atoms with E-state index in [2.05, 4.69) is 15.9 Å².